The van der Waals surface area contributed by atoms with Gasteiger partial charge in [-0.15, -0.1) is 0 Å². The van der Waals surface area contributed by atoms with Crippen LogP contribution in [0, 0.1) is 0 Å². The summed E-state index contributed by atoms with van der Waals surface area (Å²) in [6.07, 6.45) is 8.10. The number of carbonyl (C=O) groups excluding carboxylic acids is 1. The molecule has 2 fully saturated rings. The van der Waals surface area contributed by atoms with Crippen LogP contribution in [-0.2, 0) is 0 Å². The zero-order valence-corrected chi connectivity index (χ0v) is 13.2. The van der Waals surface area contributed by atoms with Gasteiger partial charge >= 0.3 is 0 Å². The van der Waals surface area contributed by atoms with Crippen LogP contribution in [0.15, 0.2) is 18.3 Å². The Bertz CT molecular complexity index is 484. The summed E-state index contributed by atoms with van der Waals surface area (Å²) in [6.45, 7) is 6.22. The molecular formula is C17H27N3O. The van der Waals surface area contributed by atoms with Gasteiger partial charge in [0.1, 0.15) is 5.69 Å². The lowest BCUT2D eigenvalue weighted by Gasteiger charge is -2.31. The van der Waals surface area contributed by atoms with E-state index in [1.807, 2.05) is 18.3 Å². The molecular weight excluding hydrogens is 262 g/mol. The third-order valence-electron chi connectivity index (χ3n) is 4.63. The minimum atomic E-state index is 0.212. The summed E-state index contributed by atoms with van der Waals surface area (Å²) in [4.78, 5) is 15.1. The van der Waals surface area contributed by atoms with E-state index in [1.54, 1.807) is 0 Å². The molecule has 0 aromatic carbocycles. The maximum absolute atomic E-state index is 13.0. The molecule has 1 unspecified atom stereocenters. The lowest BCUT2D eigenvalue weighted by Crippen LogP contribution is -2.47. The van der Waals surface area contributed by atoms with Crippen molar-refractivity contribution in [2.45, 2.75) is 64.1 Å². The highest BCUT2D eigenvalue weighted by Crippen LogP contribution is 2.29. The van der Waals surface area contributed by atoms with Gasteiger partial charge in [0.2, 0.25) is 0 Å². The van der Waals surface area contributed by atoms with E-state index in [9.17, 15) is 4.79 Å². The molecule has 1 N–H and O–H groups in total. The van der Waals surface area contributed by atoms with Gasteiger partial charge in [-0.05, 0) is 58.2 Å². The van der Waals surface area contributed by atoms with E-state index in [4.69, 9.17) is 0 Å². The van der Waals surface area contributed by atoms with Crippen LogP contribution >= 0.6 is 0 Å². The van der Waals surface area contributed by atoms with Gasteiger partial charge in [-0.1, -0.05) is 6.42 Å². The van der Waals surface area contributed by atoms with Gasteiger partial charge in [-0.3, -0.25) is 4.79 Å². The number of nitrogens with one attached hydrogen (secondary N) is 1. The first-order valence-electron chi connectivity index (χ1n) is 8.38. The van der Waals surface area contributed by atoms with Crippen molar-refractivity contribution in [2.24, 2.45) is 0 Å². The van der Waals surface area contributed by atoms with Crippen molar-refractivity contribution in [3.8, 4) is 0 Å². The van der Waals surface area contributed by atoms with Crippen molar-refractivity contribution in [1.29, 1.82) is 0 Å². The fourth-order valence-corrected chi connectivity index (χ4v) is 3.27. The Morgan fingerprint density at radius 2 is 2.19 bits per heavy atom. The van der Waals surface area contributed by atoms with Crippen LogP contribution in [-0.4, -0.2) is 40.5 Å². The average molecular weight is 289 g/mol. The van der Waals surface area contributed by atoms with E-state index in [2.05, 4.69) is 28.6 Å². The monoisotopic (exact) mass is 289 g/mol. The fourth-order valence-electron chi connectivity index (χ4n) is 3.27. The lowest BCUT2D eigenvalue weighted by atomic mass is 10.0. The Morgan fingerprint density at radius 1 is 1.38 bits per heavy atom. The standard InChI is InChI=1S/C17H27N3O/c1-13(2)19-11-5-7-16(19)17(21)20(15-8-9-15)12-14-6-3-4-10-18-14/h5,7,11,13-15,18H,3-4,6,8-10,12H2,1-2H3. The first kappa shape index (κ1) is 14.6. The second-order valence-electron chi connectivity index (χ2n) is 6.73. The molecule has 0 bridgehead atoms. The molecule has 0 radical (unpaired) electrons. The minimum absolute atomic E-state index is 0.212. The normalized spacial score (nSPS) is 22.5. The van der Waals surface area contributed by atoms with E-state index in [1.165, 1.54) is 32.1 Å². The van der Waals surface area contributed by atoms with E-state index in [-0.39, 0.29) is 5.91 Å². The second kappa shape index (κ2) is 6.22. The molecule has 21 heavy (non-hydrogen) atoms. The maximum atomic E-state index is 13.0. The van der Waals surface area contributed by atoms with Gasteiger partial charge in [0.15, 0.2) is 0 Å². The number of aromatic nitrogens is 1. The third kappa shape index (κ3) is 3.31. The molecule has 2 aliphatic rings. The molecule has 1 aliphatic carbocycles. The molecule has 0 spiro atoms. The highest BCUT2D eigenvalue weighted by Gasteiger charge is 2.35. The van der Waals surface area contributed by atoms with E-state index < -0.39 is 0 Å². The molecule has 1 aromatic rings. The first-order valence-corrected chi connectivity index (χ1v) is 8.38. The van der Waals surface area contributed by atoms with Gasteiger partial charge in [-0.2, -0.15) is 0 Å². The van der Waals surface area contributed by atoms with Gasteiger partial charge < -0.3 is 14.8 Å². The van der Waals surface area contributed by atoms with Gasteiger partial charge in [0.05, 0.1) is 0 Å². The molecule has 1 saturated carbocycles. The molecule has 1 atom stereocenters. The van der Waals surface area contributed by atoms with E-state index in [0.29, 0.717) is 18.1 Å². The summed E-state index contributed by atoms with van der Waals surface area (Å²) in [5, 5.41) is 3.57. The van der Waals surface area contributed by atoms with Crippen molar-refractivity contribution in [1.82, 2.24) is 14.8 Å². The van der Waals surface area contributed by atoms with Crippen molar-refractivity contribution >= 4 is 5.91 Å². The highest BCUT2D eigenvalue weighted by molar-refractivity contribution is 5.93. The van der Waals surface area contributed by atoms with Crippen LogP contribution in [0.5, 0.6) is 0 Å². The van der Waals surface area contributed by atoms with Gasteiger partial charge in [-0.25, -0.2) is 0 Å². The second-order valence-corrected chi connectivity index (χ2v) is 6.73. The quantitative estimate of drug-likeness (QED) is 0.905. The predicted octanol–water partition coefficient (Wildman–Crippen LogP) is 2.82. The van der Waals surface area contributed by atoms with Gasteiger partial charge in [0, 0.05) is 30.9 Å². The molecule has 1 amide bonds. The Balaban J connectivity index is 1.73. The van der Waals surface area contributed by atoms with Gasteiger partial charge in [0.25, 0.3) is 5.91 Å². The number of piperidine rings is 1. The molecule has 116 valence electrons. The van der Waals surface area contributed by atoms with E-state index >= 15 is 0 Å². The number of hydrogen-bond donors (Lipinski definition) is 1. The molecule has 1 saturated heterocycles. The number of amides is 1. The number of carbonyl (C=O) groups is 1. The molecule has 3 rings (SSSR count). The summed E-state index contributed by atoms with van der Waals surface area (Å²) in [5.41, 5.74) is 0.840. The first-order chi connectivity index (χ1) is 10.2. The lowest BCUT2D eigenvalue weighted by molar-refractivity contribution is 0.0705. The van der Waals surface area contributed by atoms with Crippen LogP contribution in [0.3, 0.4) is 0 Å². The van der Waals surface area contributed by atoms with Crippen LogP contribution in [0.2, 0.25) is 0 Å². The Morgan fingerprint density at radius 3 is 2.81 bits per heavy atom. The minimum Gasteiger partial charge on any atom is -0.341 e. The summed E-state index contributed by atoms with van der Waals surface area (Å²) in [6, 6.07) is 5.22. The number of hydrogen-bond acceptors (Lipinski definition) is 2. The van der Waals surface area contributed by atoms with Crippen molar-refractivity contribution < 1.29 is 4.79 Å². The van der Waals surface area contributed by atoms with Crippen molar-refractivity contribution in [3.63, 3.8) is 0 Å². The molecule has 1 aromatic heterocycles. The topological polar surface area (TPSA) is 37.3 Å². The van der Waals surface area contributed by atoms with Crippen molar-refractivity contribution in [2.75, 3.05) is 13.1 Å². The summed E-state index contributed by atoms with van der Waals surface area (Å²) in [7, 11) is 0. The largest absolute Gasteiger partial charge is 0.341 e. The number of rotatable bonds is 5. The predicted molar refractivity (Wildman–Crippen MR) is 84.5 cm³/mol. The Kier molecular flexibility index (Phi) is 4.34. The third-order valence-corrected chi connectivity index (χ3v) is 4.63. The number of nitrogens with zero attached hydrogens (tertiary/aromatic N) is 2. The summed E-state index contributed by atoms with van der Waals surface area (Å²) >= 11 is 0. The zero-order chi connectivity index (χ0) is 14.8. The Labute approximate surface area is 127 Å². The van der Waals surface area contributed by atoms with Crippen LogP contribution in [0.1, 0.15) is 62.5 Å². The van der Waals surface area contributed by atoms with Crippen LogP contribution in [0.25, 0.3) is 0 Å². The molecule has 4 nitrogen and oxygen atoms in total. The fraction of sp³-hybridized carbons (Fsp3) is 0.706. The summed E-state index contributed by atoms with van der Waals surface area (Å²) in [5.74, 6) is 0.212. The van der Waals surface area contributed by atoms with E-state index in [0.717, 1.165) is 18.8 Å². The summed E-state index contributed by atoms with van der Waals surface area (Å²) < 4.78 is 2.09. The van der Waals surface area contributed by atoms with Crippen molar-refractivity contribution in [3.05, 3.63) is 24.0 Å². The van der Waals surface area contributed by atoms with Crippen LogP contribution < -0.4 is 5.32 Å². The molecule has 1 aliphatic heterocycles. The molecule has 2 heterocycles. The maximum Gasteiger partial charge on any atom is 0.270 e. The average Bonchev–Trinajstić information content (AvgIpc) is 3.20. The van der Waals surface area contributed by atoms with Crippen LogP contribution in [0.4, 0.5) is 0 Å². The smallest absolute Gasteiger partial charge is 0.270 e. The zero-order valence-electron chi connectivity index (χ0n) is 13.2. The SMILES string of the molecule is CC(C)n1cccc1C(=O)N(CC1CCCCN1)C1CC1. The molecule has 4 heteroatoms. The Hall–Kier alpha value is -1.29. The highest BCUT2D eigenvalue weighted by atomic mass is 16.2.